The topological polar surface area (TPSA) is 67.9 Å². The van der Waals surface area contributed by atoms with Gasteiger partial charge in [0.05, 0.1) is 19.3 Å². The molecule has 1 saturated carbocycles. The molecule has 3 rings (SSSR count). The number of methoxy groups -OCH3 is 1. The number of rotatable bonds is 5. The third-order valence-electron chi connectivity index (χ3n) is 5.80. The Bertz CT molecular complexity index is 704. The Kier molecular flexibility index (Phi) is 6.81. The Morgan fingerprint density at radius 3 is 2.64 bits per heavy atom. The van der Waals surface area contributed by atoms with Crippen LogP contribution in [0.5, 0.6) is 5.75 Å². The Hall–Kier alpha value is -2.24. The van der Waals surface area contributed by atoms with E-state index in [1.54, 1.807) is 25.3 Å². The molecule has 2 fully saturated rings. The van der Waals surface area contributed by atoms with Crippen LogP contribution in [0, 0.1) is 17.8 Å². The van der Waals surface area contributed by atoms with Crippen molar-refractivity contribution in [3.63, 3.8) is 0 Å². The first-order chi connectivity index (χ1) is 13.5. The molecule has 0 bridgehead atoms. The lowest BCUT2D eigenvalue weighted by Crippen LogP contribution is -2.44. The van der Waals surface area contributed by atoms with E-state index >= 15 is 0 Å². The second kappa shape index (κ2) is 9.30. The monoisotopic (exact) mass is 388 g/mol. The summed E-state index contributed by atoms with van der Waals surface area (Å²) in [7, 11) is 1.54. The van der Waals surface area contributed by atoms with Crippen LogP contribution in [-0.4, -0.2) is 43.7 Å². The van der Waals surface area contributed by atoms with Crippen molar-refractivity contribution in [2.75, 3.05) is 32.1 Å². The molecular formula is C22H32N2O4. The number of ether oxygens (including phenoxy) is 2. The maximum Gasteiger partial charge on any atom is 0.411 e. The Morgan fingerprint density at radius 2 is 1.93 bits per heavy atom. The van der Waals surface area contributed by atoms with E-state index in [1.807, 2.05) is 18.7 Å². The number of nitrogens with one attached hydrogen (secondary N) is 1. The SMILES string of the molecule is COc1cc(NC(=O)OCC(C)C)ccc1C(=O)N1CC[C@H]2CCCC[C@H]2C1. The number of fused-ring (bicyclic) bond motifs is 1. The second-order valence-corrected chi connectivity index (χ2v) is 8.38. The van der Waals surface area contributed by atoms with Gasteiger partial charge in [0.2, 0.25) is 0 Å². The van der Waals surface area contributed by atoms with Gasteiger partial charge in [0, 0.05) is 24.8 Å². The van der Waals surface area contributed by atoms with E-state index < -0.39 is 6.09 Å². The summed E-state index contributed by atoms with van der Waals surface area (Å²) in [6.45, 7) is 5.97. The fourth-order valence-electron chi connectivity index (χ4n) is 4.30. The van der Waals surface area contributed by atoms with Crippen molar-refractivity contribution < 1.29 is 19.1 Å². The van der Waals surface area contributed by atoms with E-state index in [4.69, 9.17) is 9.47 Å². The first kappa shape index (κ1) is 20.5. The van der Waals surface area contributed by atoms with E-state index in [1.165, 1.54) is 25.7 Å². The standard InChI is InChI=1S/C22H32N2O4/c1-15(2)14-28-22(26)23-18-8-9-19(20(12-18)27-3)21(25)24-11-10-16-6-4-5-7-17(16)13-24/h8-9,12,15-17H,4-7,10-11,13-14H2,1-3H3,(H,23,26)/t16-,17+/m1/s1. The molecule has 28 heavy (non-hydrogen) atoms. The van der Waals surface area contributed by atoms with Gasteiger partial charge in [-0.25, -0.2) is 4.79 Å². The Morgan fingerprint density at radius 1 is 1.18 bits per heavy atom. The van der Waals surface area contributed by atoms with Crippen molar-refractivity contribution in [2.24, 2.45) is 17.8 Å². The molecule has 2 amide bonds. The van der Waals surface area contributed by atoms with E-state index in [-0.39, 0.29) is 11.8 Å². The highest BCUT2D eigenvalue weighted by Crippen LogP contribution is 2.37. The predicted molar refractivity (Wildman–Crippen MR) is 109 cm³/mol. The summed E-state index contributed by atoms with van der Waals surface area (Å²) in [5, 5.41) is 2.69. The average molecular weight is 389 g/mol. The maximum absolute atomic E-state index is 13.1. The van der Waals surface area contributed by atoms with E-state index in [0.29, 0.717) is 29.5 Å². The smallest absolute Gasteiger partial charge is 0.411 e. The summed E-state index contributed by atoms with van der Waals surface area (Å²) in [6, 6.07) is 5.13. The van der Waals surface area contributed by atoms with Crippen LogP contribution in [0.3, 0.4) is 0 Å². The molecule has 2 aliphatic rings. The molecule has 1 aliphatic heterocycles. The average Bonchev–Trinajstić information content (AvgIpc) is 2.71. The van der Waals surface area contributed by atoms with Crippen LogP contribution in [0.2, 0.25) is 0 Å². The van der Waals surface area contributed by atoms with Gasteiger partial charge in [0.1, 0.15) is 5.75 Å². The highest BCUT2D eigenvalue weighted by molar-refractivity contribution is 5.98. The predicted octanol–water partition coefficient (Wildman–Crippen LogP) is 4.55. The lowest BCUT2D eigenvalue weighted by atomic mass is 9.75. The highest BCUT2D eigenvalue weighted by atomic mass is 16.5. The zero-order valence-corrected chi connectivity index (χ0v) is 17.2. The summed E-state index contributed by atoms with van der Waals surface area (Å²) in [6.07, 6.45) is 5.74. The van der Waals surface area contributed by atoms with Gasteiger partial charge >= 0.3 is 6.09 Å². The van der Waals surface area contributed by atoms with Crippen LogP contribution in [0.4, 0.5) is 10.5 Å². The van der Waals surface area contributed by atoms with Crippen LogP contribution in [0.15, 0.2) is 18.2 Å². The minimum Gasteiger partial charge on any atom is -0.496 e. The summed E-state index contributed by atoms with van der Waals surface area (Å²) >= 11 is 0. The fraction of sp³-hybridized carbons (Fsp3) is 0.636. The number of carbonyl (C=O) groups is 2. The molecule has 0 aromatic heterocycles. The molecule has 1 aromatic rings. The molecule has 1 N–H and O–H groups in total. The van der Waals surface area contributed by atoms with Gasteiger partial charge < -0.3 is 14.4 Å². The van der Waals surface area contributed by atoms with Gasteiger partial charge in [-0.3, -0.25) is 10.1 Å². The normalized spacial score (nSPS) is 21.8. The van der Waals surface area contributed by atoms with Gasteiger partial charge in [0.25, 0.3) is 5.91 Å². The van der Waals surface area contributed by atoms with Crippen LogP contribution >= 0.6 is 0 Å². The molecule has 154 valence electrons. The summed E-state index contributed by atoms with van der Waals surface area (Å²) in [5.74, 6) is 2.16. The first-order valence-corrected chi connectivity index (χ1v) is 10.4. The number of anilines is 1. The van der Waals surface area contributed by atoms with Crippen LogP contribution in [0.1, 0.15) is 56.3 Å². The summed E-state index contributed by atoms with van der Waals surface area (Å²) < 4.78 is 10.6. The largest absolute Gasteiger partial charge is 0.496 e. The molecule has 1 saturated heterocycles. The van der Waals surface area contributed by atoms with E-state index in [2.05, 4.69) is 5.32 Å². The van der Waals surface area contributed by atoms with Gasteiger partial charge in [-0.2, -0.15) is 0 Å². The van der Waals surface area contributed by atoms with Crippen molar-refractivity contribution >= 4 is 17.7 Å². The third kappa shape index (κ3) is 4.97. The third-order valence-corrected chi connectivity index (χ3v) is 5.80. The molecule has 0 spiro atoms. The Balaban J connectivity index is 1.66. The maximum atomic E-state index is 13.1. The van der Waals surface area contributed by atoms with Crippen LogP contribution in [-0.2, 0) is 4.74 Å². The van der Waals surface area contributed by atoms with Crippen molar-refractivity contribution in [1.29, 1.82) is 0 Å². The second-order valence-electron chi connectivity index (χ2n) is 8.38. The lowest BCUT2D eigenvalue weighted by molar-refractivity contribution is 0.0518. The number of likely N-dealkylation sites (tertiary alicyclic amines) is 1. The molecular weight excluding hydrogens is 356 g/mol. The quantitative estimate of drug-likeness (QED) is 0.803. The van der Waals surface area contributed by atoms with Gasteiger partial charge in [-0.1, -0.05) is 33.1 Å². The zero-order valence-electron chi connectivity index (χ0n) is 17.2. The number of hydrogen-bond donors (Lipinski definition) is 1. The summed E-state index contributed by atoms with van der Waals surface area (Å²) in [4.78, 5) is 26.9. The van der Waals surface area contributed by atoms with Gasteiger partial charge in [-0.15, -0.1) is 0 Å². The first-order valence-electron chi connectivity index (χ1n) is 10.4. The number of piperidine rings is 1. The van der Waals surface area contributed by atoms with Crippen LogP contribution in [0.25, 0.3) is 0 Å². The van der Waals surface area contributed by atoms with Crippen LogP contribution < -0.4 is 10.1 Å². The highest BCUT2D eigenvalue weighted by Gasteiger charge is 2.33. The number of benzene rings is 1. The molecule has 0 radical (unpaired) electrons. The Labute approximate surface area is 167 Å². The number of hydrogen-bond acceptors (Lipinski definition) is 4. The minimum absolute atomic E-state index is 0.00908. The minimum atomic E-state index is -0.505. The van der Waals surface area contributed by atoms with Crippen molar-refractivity contribution in [3.8, 4) is 5.75 Å². The number of carbonyl (C=O) groups excluding carboxylic acids is 2. The van der Waals surface area contributed by atoms with Gasteiger partial charge in [-0.05, 0) is 42.7 Å². The fourth-order valence-corrected chi connectivity index (χ4v) is 4.30. The summed E-state index contributed by atoms with van der Waals surface area (Å²) in [5.41, 5.74) is 1.09. The lowest BCUT2D eigenvalue weighted by Gasteiger charge is -2.41. The van der Waals surface area contributed by atoms with Crippen molar-refractivity contribution in [3.05, 3.63) is 23.8 Å². The van der Waals surface area contributed by atoms with Crippen molar-refractivity contribution in [2.45, 2.75) is 46.0 Å². The van der Waals surface area contributed by atoms with E-state index in [9.17, 15) is 9.59 Å². The molecule has 1 aliphatic carbocycles. The molecule has 6 nitrogen and oxygen atoms in total. The molecule has 1 heterocycles. The molecule has 1 aromatic carbocycles. The zero-order chi connectivity index (χ0) is 20.1. The van der Waals surface area contributed by atoms with Gasteiger partial charge in [0.15, 0.2) is 0 Å². The van der Waals surface area contributed by atoms with E-state index in [0.717, 1.165) is 25.4 Å². The number of nitrogens with zero attached hydrogens (tertiary/aromatic N) is 1. The van der Waals surface area contributed by atoms with Crippen molar-refractivity contribution in [1.82, 2.24) is 4.90 Å². The molecule has 6 heteroatoms. The molecule has 2 atom stereocenters. The number of amides is 2. The molecule has 0 unspecified atom stereocenters.